The Morgan fingerprint density at radius 2 is 1.80 bits per heavy atom. The summed E-state index contributed by atoms with van der Waals surface area (Å²) in [6.45, 7) is -1.15. The summed E-state index contributed by atoms with van der Waals surface area (Å²) in [5, 5.41) is 55.1. The number of rotatable bonds is 4. The number of β-amino-alcohol motifs (C(OH)–C–C–N with tert-alkyl or cyclic N) is 1. The molecule has 0 radical (unpaired) electrons. The van der Waals surface area contributed by atoms with Gasteiger partial charge in [-0.05, 0) is 0 Å². The highest BCUT2D eigenvalue weighted by molar-refractivity contribution is 4.95. The second-order valence-electron chi connectivity index (χ2n) is 3.67. The van der Waals surface area contributed by atoms with E-state index in [9.17, 15) is 20.4 Å². The number of hydrogen-bond acceptors (Lipinski definition) is 7. The van der Waals surface area contributed by atoms with E-state index in [1.165, 1.54) is 0 Å². The molecular weight excluding hydrogens is 206 g/mol. The van der Waals surface area contributed by atoms with Gasteiger partial charge in [-0.1, -0.05) is 0 Å². The third-order valence-corrected chi connectivity index (χ3v) is 2.67. The molecule has 1 heterocycles. The van der Waals surface area contributed by atoms with Crippen molar-refractivity contribution in [3.8, 4) is 0 Å². The van der Waals surface area contributed by atoms with Crippen LogP contribution in [0.4, 0.5) is 0 Å². The van der Waals surface area contributed by atoms with Crippen LogP contribution >= 0.6 is 0 Å². The Hall–Kier alpha value is -0.280. The lowest BCUT2D eigenvalue weighted by molar-refractivity contribution is -0.116. The second-order valence-corrected chi connectivity index (χ2v) is 3.67. The topological polar surface area (TPSA) is 125 Å². The van der Waals surface area contributed by atoms with E-state index in [1.54, 1.807) is 0 Å². The van der Waals surface area contributed by atoms with Crippen LogP contribution in [-0.2, 0) is 0 Å². The molecule has 1 aliphatic rings. The SMILES string of the molecule is OC[C@@H](O)[C@@H](O)N1C[C@H](O)[C@@H](O)[C@H]1CO. The zero-order valence-electron chi connectivity index (χ0n) is 8.14. The fourth-order valence-corrected chi connectivity index (χ4v) is 1.74. The largest absolute Gasteiger partial charge is 0.395 e. The Morgan fingerprint density at radius 1 is 1.20 bits per heavy atom. The van der Waals surface area contributed by atoms with E-state index < -0.39 is 43.8 Å². The number of aliphatic hydroxyl groups is 6. The Kier molecular flexibility index (Phi) is 4.41. The van der Waals surface area contributed by atoms with E-state index in [4.69, 9.17) is 10.2 Å². The Bertz CT molecular complexity index is 204. The average Bonchev–Trinajstić information content (AvgIpc) is 2.53. The van der Waals surface area contributed by atoms with Crippen LogP contribution in [0.3, 0.4) is 0 Å². The summed E-state index contributed by atoms with van der Waals surface area (Å²) in [4.78, 5) is 1.16. The summed E-state index contributed by atoms with van der Waals surface area (Å²) in [5.41, 5.74) is 0. The fraction of sp³-hybridized carbons (Fsp3) is 1.00. The smallest absolute Gasteiger partial charge is 0.136 e. The minimum absolute atomic E-state index is 0.0649. The maximum atomic E-state index is 9.54. The molecule has 0 bridgehead atoms. The lowest BCUT2D eigenvalue weighted by Crippen LogP contribution is -2.50. The van der Waals surface area contributed by atoms with Crippen molar-refractivity contribution in [2.45, 2.75) is 30.6 Å². The average molecular weight is 223 g/mol. The van der Waals surface area contributed by atoms with Crippen molar-refractivity contribution in [1.29, 1.82) is 0 Å². The molecule has 0 aliphatic carbocycles. The minimum atomic E-state index is -1.42. The van der Waals surface area contributed by atoms with Crippen LogP contribution in [0.2, 0.25) is 0 Å². The van der Waals surface area contributed by atoms with E-state index in [0.717, 1.165) is 4.90 Å². The van der Waals surface area contributed by atoms with Crippen molar-refractivity contribution in [3.63, 3.8) is 0 Å². The molecule has 7 nitrogen and oxygen atoms in total. The van der Waals surface area contributed by atoms with Gasteiger partial charge in [-0.15, -0.1) is 0 Å². The van der Waals surface area contributed by atoms with E-state index in [1.807, 2.05) is 0 Å². The van der Waals surface area contributed by atoms with Crippen LogP contribution in [0.25, 0.3) is 0 Å². The van der Waals surface area contributed by atoms with E-state index in [2.05, 4.69) is 0 Å². The highest BCUT2D eigenvalue weighted by Crippen LogP contribution is 2.21. The molecule has 5 atom stereocenters. The lowest BCUT2D eigenvalue weighted by atomic mass is 10.1. The number of hydrogen-bond donors (Lipinski definition) is 6. The third kappa shape index (κ3) is 2.45. The molecule has 90 valence electrons. The zero-order chi connectivity index (χ0) is 11.6. The van der Waals surface area contributed by atoms with Gasteiger partial charge in [0.15, 0.2) is 0 Å². The molecular formula is C8H17NO6. The van der Waals surface area contributed by atoms with Crippen LogP contribution in [0.1, 0.15) is 0 Å². The van der Waals surface area contributed by atoms with Crippen molar-refractivity contribution < 1.29 is 30.6 Å². The van der Waals surface area contributed by atoms with Gasteiger partial charge in [0.25, 0.3) is 0 Å². The van der Waals surface area contributed by atoms with E-state index in [-0.39, 0.29) is 6.54 Å². The number of likely N-dealkylation sites (tertiary alicyclic amines) is 1. The van der Waals surface area contributed by atoms with Gasteiger partial charge < -0.3 is 30.6 Å². The maximum absolute atomic E-state index is 9.54. The van der Waals surface area contributed by atoms with Crippen LogP contribution in [0.15, 0.2) is 0 Å². The zero-order valence-corrected chi connectivity index (χ0v) is 8.14. The van der Waals surface area contributed by atoms with Gasteiger partial charge >= 0.3 is 0 Å². The first-order chi connectivity index (χ1) is 7.02. The first-order valence-electron chi connectivity index (χ1n) is 4.72. The predicted octanol–water partition coefficient (Wildman–Crippen LogP) is -3.94. The van der Waals surface area contributed by atoms with Crippen LogP contribution in [0, 0.1) is 0 Å². The molecule has 0 aromatic rings. The van der Waals surface area contributed by atoms with Crippen molar-refractivity contribution in [2.75, 3.05) is 19.8 Å². The fourth-order valence-electron chi connectivity index (χ4n) is 1.74. The Labute approximate surface area is 86.8 Å². The standard InChI is InChI=1S/C8H17NO6/c10-2-4-7(14)5(12)1-9(4)8(15)6(13)3-11/h4-8,10-15H,1-3H2/t4-,5+,6-,7+,8-/m1/s1. The van der Waals surface area contributed by atoms with Crippen LogP contribution in [0.5, 0.6) is 0 Å². The van der Waals surface area contributed by atoms with Crippen molar-refractivity contribution in [3.05, 3.63) is 0 Å². The first kappa shape index (κ1) is 12.8. The first-order valence-corrected chi connectivity index (χ1v) is 4.72. The summed E-state index contributed by atoms with van der Waals surface area (Å²) in [7, 11) is 0. The molecule has 1 fully saturated rings. The molecule has 6 N–H and O–H groups in total. The van der Waals surface area contributed by atoms with E-state index >= 15 is 0 Å². The van der Waals surface area contributed by atoms with Gasteiger partial charge in [-0.25, -0.2) is 0 Å². The highest BCUT2D eigenvalue weighted by Gasteiger charge is 2.43. The number of aliphatic hydroxyl groups excluding tert-OH is 6. The van der Waals surface area contributed by atoms with Crippen LogP contribution in [-0.4, -0.2) is 85.9 Å². The minimum Gasteiger partial charge on any atom is -0.395 e. The summed E-state index contributed by atoms with van der Waals surface area (Å²) in [6, 6.07) is -0.837. The van der Waals surface area contributed by atoms with E-state index in [0.29, 0.717) is 0 Å². The number of nitrogens with zero attached hydrogens (tertiary/aromatic N) is 1. The van der Waals surface area contributed by atoms with Gasteiger partial charge in [0.1, 0.15) is 12.3 Å². The monoisotopic (exact) mass is 223 g/mol. The molecule has 1 saturated heterocycles. The predicted molar refractivity (Wildman–Crippen MR) is 48.7 cm³/mol. The second kappa shape index (κ2) is 5.17. The quantitative estimate of drug-likeness (QED) is 0.287. The Balaban J connectivity index is 2.68. The highest BCUT2D eigenvalue weighted by atomic mass is 16.4. The van der Waals surface area contributed by atoms with Gasteiger partial charge in [-0.2, -0.15) is 0 Å². The Morgan fingerprint density at radius 3 is 2.27 bits per heavy atom. The molecule has 7 heteroatoms. The normalized spacial score (nSPS) is 36.8. The van der Waals surface area contributed by atoms with Crippen molar-refractivity contribution >= 4 is 0 Å². The maximum Gasteiger partial charge on any atom is 0.136 e. The molecule has 1 aliphatic heterocycles. The summed E-state index contributed by atoms with van der Waals surface area (Å²) in [6.07, 6.45) is -5.06. The summed E-state index contributed by atoms with van der Waals surface area (Å²) in [5.74, 6) is 0. The van der Waals surface area contributed by atoms with Crippen LogP contribution < -0.4 is 0 Å². The summed E-state index contributed by atoms with van der Waals surface area (Å²) < 4.78 is 0. The molecule has 0 spiro atoms. The molecule has 0 unspecified atom stereocenters. The van der Waals surface area contributed by atoms with Gasteiger partial charge in [0.2, 0.25) is 0 Å². The summed E-state index contributed by atoms with van der Waals surface area (Å²) >= 11 is 0. The lowest BCUT2D eigenvalue weighted by Gasteiger charge is -2.30. The van der Waals surface area contributed by atoms with Gasteiger partial charge in [-0.3, -0.25) is 4.90 Å². The molecule has 1 rings (SSSR count). The molecule has 0 amide bonds. The van der Waals surface area contributed by atoms with Crippen molar-refractivity contribution in [1.82, 2.24) is 4.90 Å². The van der Waals surface area contributed by atoms with Gasteiger partial charge in [0, 0.05) is 6.54 Å². The van der Waals surface area contributed by atoms with Crippen molar-refractivity contribution in [2.24, 2.45) is 0 Å². The molecule has 15 heavy (non-hydrogen) atoms. The van der Waals surface area contributed by atoms with Gasteiger partial charge in [0.05, 0.1) is 31.5 Å². The molecule has 0 aromatic carbocycles. The molecule has 0 saturated carbocycles. The molecule has 0 aromatic heterocycles. The third-order valence-electron chi connectivity index (χ3n) is 2.67.